The Morgan fingerprint density at radius 3 is 3.05 bits per heavy atom. The zero-order valence-corrected chi connectivity index (χ0v) is 11.2. The van der Waals surface area contributed by atoms with E-state index in [2.05, 4.69) is 10.4 Å². The summed E-state index contributed by atoms with van der Waals surface area (Å²) in [6.45, 7) is 0. The van der Waals surface area contributed by atoms with Crippen molar-refractivity contribution in [2.45, 2.75) is 25.3 Å². The van der Waals surface area contributed by atoms with Crippen LogP contribution in [0.1, 0.15) is 30.1 Å². The summed E-state index contributed by atoms with van der Waals surface area (Å²) in [7, 11) is 1.94. The molecule has 20 heavy (non-hydrogen) atoms. The molecule has 0 spiro atoms. The summed E-state index contributed by atoms with van der Waals surface area (Å²) in [5, 5.41) is 18.7. The molecule has 1 aliphatic rings. The van der Waals surface area contributed by atoms with Crippen LogP contribution < -0.4 is 5.32 Å². The average molecular weight is 272 g/mol. The van der Waals surface area contributed by atoms with Gasteiger partial charge in [-0.05, 0) is 25.3 Å². The Balaban J connectivity index is 1.91. The van der Waals surface area contributed by atoms with E-state index in [4.69, 9.17) is 0 Å². The fraction of sp³-hybridized carbons (Fsp3) is 0.357. The molecule has 1 heterocycles. The summed E-state index contributed by atoms with van der Waals surface area (Å²) in [6.07, 6.45) is 4.90. The molecule has 104 valence electrons. The fourth-order valence-corrected chi connectivity index (χ4v) is 2.80. The average Bonchev–Trinajstić information content (AvgIpc) is 2.82. The van der Waals surface area contributed by atoms with Gasteiger partial charge in [0.2, 0.25) is 0 Å². The number of aromatic nitrogens is 2. The smallest absolute Gasteiger partial charge is 0.292 e. The third kappa shape index (κ3) is 2.13. The van der Waals surface area contributed by atoms with E-state index in [1.807, 2.05) is 24.0 Å². The molecule has 1 aliphatic carbocycles. The maximum atomic E-state index is 11.1. The van der Waals surface area contributed by atoms with Gasteiger partial charge in [-0.1, -0.05) is 12.1 Å². The van der Waals surface area contributed by atoms with Gasteiger partial charge in [-0.2, -0.15) is 5.10 Å². The van der Waals surface area contributed by atoms with Crippen molar-refractivity contribution in [3.05, 3.63) is 51.8 Å². The molecule has 1 N–H and O–H groups in total. The number of benzene rings is 1. The molecule has 2 aromatic rings. The van der Waals surface area contributed by atoms with Crippen LogP contribution in [0.15, 0.2) is 30.5 Å². The van der Waals surface area contributed by atoms with E-state index in [0.29, 0.717) is 5.69 Å². The predicted octanol–water partition coefficient (Wildman–Crippen LogP) is 2.82. The summed E-state index contributed by atoms with van der Waals surface area (Å²) < 4.78 is 1.89. The second-order valence-corrected chi connectivity index (χ2v) is 5.03. The molecule has 0 radical (unpaired) electrons. The lowest BCUT2D eigenvalue weighted by Gasteiger charge is -2.24. The molecule has 0 fully saturated rings. The highest BCUT2D eigenvalue weighted by molar-refractivity contribution is 5.62. The number of nitro benzene ring substituents is 1. The standard InChI is InChI=1S/C14H16N4O2/c1-17-13-8-4-6-11(10(13)9-15-17)16-12-5-2-3-7-14(12)18(19)20/h2-3,5,7,9,11,16H,4,6,8H2,1H3/t11-/m0/s1. The monoisotopic (exact) mass is 272 g/mol. The van der Waals surface area contributed by atoms with Crippen LogP contribution in [0.5, 0.6) is 0 Å². The van der Waals surface area contributed by atoms with Crippen LogP contribution in [-0.4, -0.2) is 14.7 Å². The van der Waals surface area contributed by atoms with E-state index in [-0.39, 0.29) is 16.7 Å². The molecular weight excluding hydrogens is 256 g/mol. The van der Waals surface area contributed by atoms with Crippen molar-refractivity contribution in [3.63, 3.8) is 0 Å². The molecule has 0 saturated heterocycles. The van der Waals surface area contributed by atoms with E-state index >= 15 is 0 Å². The lowest BCUT2D eigenvalue weighted by atomic mass is 9.92. The Kier molecular flexibility index (Phi) is 3.14. The second-order valence-electron chi connectivity index (χ2n) is 5.03. The maximum absolute atomic E-state index is 11.1. The van der Waals surface area contributed by atoms with Gasteiger partial charge in [0, 0.05) is 24.4 Å². The number of hydrogen-bond donors (Lipinski definition) is 1. The number of rotatable bonds is 3. The SMILES string of the molecule is Cn1ncc2c1CCC[C@@H]2Nc1ccccc1[N+](=O)[O-]. The first-order chi connectivity index (χ1) is 9.66. The highest BCUT2D eigenvalue weighted by Gasteiger charge is 2.25. The van der Waals surface area contributed by atoms with Gasteiger partial charge in [-0.15, -0.1) is 0 Å². The first-order valence-electron chi connectivity index (χ1n) is 6.67. The number of aryl methyl sites for hydroxylation is 1. The third-order valence-electron chi connectivity index (χ3n) is 3.81. The molecule has 0 amide bonds. The summed E-state index contributed by atoms with van der Waals surface area (Å²) in [4.78, 5) is 10.7. The number of fused-ring (bicyclic) bond motifs is 1. The van der Waals surface area contributed by atoms with Crippen LogP contribution >= 0.6 is 0 Å². The topological polar surface area (TPSA) is 73.0 Å². The van der Waals surface area contributed by atoms with Crippen LogP contribution in [0.3, 0.4) is 0 Å². The maximum Gasteiger partial charge on any atom is 0.292 e. The van der Waals surface area contributed by atoms with Crippen molar-refractivity contribution in [3.8, 4) is 0 Å². The van der Waals surface area contributed by atoms with Crippen LogP contribution in [0.4, 0.5) is 11.4 Å². The highest BCUT2D eigenvalue weighted by Crippen LogP contribution is 2.34. The summed E-state index contributed by atoms with van der Waals surface area (Å²) >= 11 is 0. The Hall–Kier alpha value is -2.37. The molecule has 0 bridgehead atoms. The summed E-state index contributed by atoms with van der Waals surface area (Å²) in [5.41, 5.74) is 3.05. The first-order valence-corrected chi connectivity index (χ1v) is 6.67. The van der Waals surface area contributed by atoms with Crippen LogP contribution in [-0.2, 0) is 13.5 Å². The number of nitrogens with one attached hydrogen (secondary N) is 1. The van der Waals surface area contributed by atoms with Crippen LogP contribution in [0.25, 0.3) is 0 Å². The van der Waals surface area contributed by atoms with Gasteiger partial charge in [0.25, 0.3) is 5.69 Å². The zero-order chi connectivity index (χ0) is 14.1. The third-order valence-corrected chi connectivity index (χ3v) is 3.81. The minimum Gasteiger partial charge on any atom is -0.373 e. The lowest BCUT2D eigenvalue weighted by Crippen LogP contribution is -2.18. The van der Waals surface area contributed by atoms with Crippen molar-refractivity contribution in [1.29, 1.82) is 0 Å². The number of anilines is 1. The molecular formula is C14H16N4O2. The molecule has 1 aromatic carbocycles. The molecule has 1 aromatic heterocycles. The van der Waals surface area contributed by atoms with Gasteiger partial charge in [-0.25, -0.2) is 0 Å². The molecule has 0 aliphatic heterocycles. The number of nitrogens with zero attached hydrogens (tertiary/aromatic N) is 3. The Labute approximate surface area is 116 Å². The Morgan fingerprint density at radius 1 is 1.45 bits per heavy atom. The molecule has 6 heteroatoms. The first kappa shape index (κ1) is 12.7. The van der Waals surface area contributed by atoms with E-state index in [0.717, 1.165) is 24.8 Å². The van der Waals surface area contributed by atoms with Gasteiger partial charge in [0.15, 0.2) is 0 Å². The molecule has 3 rings (SSSR count). The largest absolute Gasteiger partial charge is 0.373 e. The van der Waals surface area contributed by atoms with Crippen molar-refractivity contribution in [2.24, 2.45) is 7.05 Å². The van der Waals surface area contributed by atoms with E-state index in [1.54, 1.807) is 12.1 Å². The number of nitro groups is 1. The summed E-state index contributed by atoms with van der Waals surface area (Å²) in [6, 6.07) is 6.86. The van der Waals surface area contributed by atoms with Crippen LogP contribution in [0.2, 0.25) is 0 Å². The quantitative estimate of drug-likeness (QED) is 0.688. The molecule has 6 nitrogen and oxygen atoms in total. The van der Waals surface area contributed by atoms with E-state index in [9.17, 15) is 10.1 Å². The van der Waals surface area contributed by atoms with Gasteiger partial charge < -0.3 is 5.32 Å². The van der Waals surface area contributed by atoms with Gasteiger partial charge in [0.1, 0.15) is 5.69 Å². The van der Waals surface area contributed by atoms with Gasteiger partial charge >= 0.3 is 0 Å². The predicted molar refractivity (Wildman–Crippen MR) is 75.6 cm³/mol. The minimum atomic E-state index is -0.352. The van der Waals surface area contributed by atoms with Crippen molar-refractivity contribution >= 4 is 11.4 Å². The Bertz CT molecular complexity index is 650. The van der Waals surface area contributed by atoms with E-state index < -0.39 is 0 Å². The summed E-state index contributed by atoms with van der Waals surface area (Å²) in [5.74, 6) is 0. The number of hydrogen-bond acceptors (Lipinski definition) is 4. The number of para-hydroxylation sites is 2. The highest BCUT2D eigenvalue weighted by atomic mass is 16.6. The second kappa shape index (κ2) is 4.96. The van der Waals surface area contributed by atoms with Crippen molar-refractivity contribution in [1.82, 2.24) is 9.78 Å². The van der Waals surface area contributed by atoms with E-state index in [1.165, 1.54) is 11.8 Å². The lowest BCUT2D eigenvalue weighted by molar-refractivity contribution is -0.384. The van der Waals surface area contributed by atoms with Gasteiger partial charge in [-0.3, -0.25) is 14.8 Å². The zero-order valence-electron chi connectivity index (χ0n) is 11.2. The van der Waals surface area contributed by atoms with Gasteiger partial charge in [0.05, 0.1) is 17.2 Å². The van der Waals surface area contributed by atoms with Crippen molar-refractivity contribution in [2.75, 3.05) is 5.32 Å². The van der Waals surface area contributed by atoms with Crippen molar-refractivity contribution < 1.29 is 4.92 Å². The minimum absolute atomic E-state index is 0.0912. The normalized spacial score (nSPS) is 17.6. The molecule has 0 saturated carbocycles. The molecule has 1 atom stereocenters. The fourth-order valence-electron chi connectivity index (χ4n) is 2.80. The Morgan fingerprint density at radius 2 is 2.25 bits per heavy atom. The van der Waals surface area contributed by atoms with Crippen LogP contribution in [0, 0.1) is 10.1 Å². The molecule has 0 unspecified atom stereocenters.